The zero-order chi connectivity index (χ0) is 19.7. The predicted octanol–water partition coefficient (Wildman–Crippen LogP) is 4.07. The average molecular weight is 397 g/mol. The third kappa shape index (κ3) is 3.37. The van der Waals surface area contributed by atoms with E-state index >= 15 is 0 Å². The Bertz CT molecular complexity index is 848. The summed E-state index contributed by atoms with van der Waals surface area (Å²) in [7, 11) is 1.53. The Morgan fingerprint density at radius 3 is 2.29 bits per heavy atom. The van der Waals surface area contributed by atoms with Gasteiger partial charge in [0.15, 0.2) is 0 Å². The molecule has 1 amide bonds. The van der Waals surface area contributed by atoms with Crippen LogP contribution in [0.4, 0.5) is 4.79 Å². The molecule has 28 heavy (non-hydrogen) atoms. The van der Waals surface area contributed by atoms with Crippen LogP contribution in [-0.2, 0) is 9.53 Å². The Kier molecular flexibility index (Phi) is 5.31. The van der Waals surface area contributed by atoms with E-state index in [1.165, 1.54) is 23.1 Å². The lowest BCUT2D eigenvalue weighted by Gasteiger charge is -2.28. The molecule has 2 aromatic rings. The quantitative estimate of drug-likeness (QED) is 0.824. The van der Waals surface area contributed by atoms with Gasteiger partial charge in [-0.05, 0) is 40.2 Å². The number of carbonyl (C=O) groups excluding carboxylic acids is 1. The molecule has 1 heterocycles. The van der Waals surface area contributed by atoms with Crippen LogP contribution >= 0.6 is 11.8 Å². The number of hydrogen-bond donors (Lipinski definition) is 1. The van der Waals surface area contributed by atoms with Gasteiger partial charge in [-0.1, -0.05) is 48.5 Å². The monoisotopic (exact) mass is 397 g/mol. The minimum absolute atomic E-state index is 0.0323. The Labute approximate surface area is 168 Å². The minimum Gasteiger partial charge on any atom is -0.480 e. The molecule has 2 unspecified atom stereocenters. The first-order valence-electron chi connectivity index (χ1n) is 9.46. The second kappa shape index (κ2) is 7.87. The van der Waals surface area contributed by atoms with Crippen molar-refractivity contribution >= 4 is 23.8 Å². The molecule has 0 radical (unpaired) electrons. The molecule has 5 nitrogen and oxygen atoms in total. The molecule has 0 spiro atoms. The van der Waals surface area contributed by atoms with Crippen LogP contribution in [0.5, 0.6) is 0 Å². The number of carboxylic acid groups (broad SMARTS) is 1. The van der Waals surface area contributed by atoms with Crippen LogP contribution in [-0.4, -0.2) is 53.3 Å². The van der Waals surface area contributed by atoms with Crippen molar-refractivity contribution in [3.8, 4) is 11.1 Å². The van der Waals surface area contributed by atoms with E-state index in [9.17, 15) is 14.7 Å². The van der Waals surface area contributed by atoms with Gasteiger partial charge >= 0.3 is 12.1 Å². The fourth-order valence-corrected chi connectivity index (χ4v) is 5.58. The molecular weight excluding hydrogens is 374 g/mol. The molecule has 1 saturated heterocycles. The third-order valence-corrected chi connectivity index (χ3v) is 6.89. The number of amides is 1. The summed E-state index contributed by atoms with van der Waals surface area (Å²) in [6.45, 7) is 0.197. The lowest BCUT2D eigenvalue weighted by atomic mass is 9.98. The maximum atomic E-state index is 12.7. The first-order chi connectivity index (χ1) is 13.6. The maximum Gasteiger partial charge on any atom is 0.410 e. The van der Waals surface area contributed by atoms with E-state index in [0.29, 0.717) is 0 Å². The van der Waals surface area contributed by atoms with Crippen LogP contribution in [0.25, 0.3) is 11.1 Å². The van der Waals surface area contributed by atoms with Crippen molar-refractivity contribution in [2.24, 2.45) is 5.92 Å². The average Bonchev–Trinajstić information content (AvgIpc) is 3.32. The number of nitrogens with zero attached hydrogens (tertiary/aromatic N) is 1. The van der Waals surface area contributed by atoms with Gasteiger partial charge in [-0.25, -0.2) is 9.59 Å². The second-order valence-electron chi connectivity index (χ2n) is 7.32. The minimum atomic E-state index is -0.969. The Balaban J connectivity index is 1.49. The SMILES string of the molecule is CN(C(=O)OCC1c2ccccc2-c2ccccc21)C(C(=O)O)C1CCSC1. The van der Waals surface area contributed by atoms with Crippen LogP contribution < -0.4 is 0 Å². The molecule has 1 N–H and O–H groups in total. The summed E-state index contributed by atoms with van der Waals surface area (Å²) in [5, 5.41) is 9.63. The molecule has 6 heteroatoms. The van der Waals surface area contributed by atoms with Gasteiger partial charge in [0, 0.05) is 18.9 Å². The molecule has 146 valence electrons. The van der Waals surface area contributed by atoms with Gasteiger partial charge in [0.1, 0.15) is 12.6 Å². The molecule has 0 aromatic heterocycles. The highest BCUT2D eigenvalue weighted by Crippen LogP contribution is 2.44. The highest BCUT2D eigenvalue weighted by Gasteiger charge is 2.37. The van der Waals surface area contributed by atoms with Gasteiger partial charge in [0.2, 0.25) is 0 Å². The van der Waals surface area contributed by atoms with Crippen molar-refractivity contribution in [2.45, 2.75) is 18.4 Å². The van der Waals surface area contributed by atoms with Crippen LogP contribution in [0.1, 0.15) is 23.5 Å². The lowest BCUT2D eigenvalue weighted by Crippen LogP contribution is -2.47. The van der Waals surface area contributed by atoms with E-state index < -0.39 is 18.1 Å². The maximum absolute atomic E-state index is 12.7. The summed E-state index contributed by atoms with van der Waals surface area (Å²) < 4.78 is 5.61. The zero-order valence-corrected chi connectivity index (χ0v) is 16.5. The number of likely N-dealkylation sites (N-methyl/N-ethyl adjacent to an activating group) is 1. The highest BCUT2D eigenvalue weighted by molar-refractivity contribution is 7.99. The highest BCUT2D eigenvalue weighted by atomic mass is 32.2. The number of benzene rings is 2. The van der Waals surface area contributed by atoms with Gasteiger partial charge in [0.25, 0.3) is 0 Å². The molecular formula is C22H23NO4S. The largest absolute Gasteiger partial charge is 0.480 e. The van der Waals surface area contributed by atoms with E-state index in [-0.39, 0.29) is 18.4 Å². The smallest absolute Gasteiger partial charge is 0.410 e. The second-order valence-corrected chi connectivity index (χ2v) is 8.47. The van der Waals surface area contributed by atoms with E-state index in [1.807, 2.05) is 24.3 Å². The number of rotatable bonds is 5. The summed E-state index contributed by atoms with van der Waals surface area (Å²) in [6.07, 6.45) is 0.231. The van der Waals surface area contributed by atoms with E-state index in [0.717, 1.165) is 29.1 Å². The molecule has 1 fully saturated rings. The van der Waals surface area contributed by atoms with Gasteiger partial charge < -0.3 is 9.84 Å². The molecule has 4 rings (SSSR count). The topological polar surface area (TPSA) is 66.8 Å². The number of aliphatic carboxylic acids is 1. The Morgan fingerprint density at radius 2 is 1.75 bits per heavy atom. The van der Waals surface area contributed by atoms with E-state index in [2.05, 4.69) is 24.3 Å². The number of hydrogen-bond acceptors (Lipinski definition) is 4. The number of fused-ring (bicyclic) bond motifs is 3. The van der Waals surface area contributed by atoms with Gasteiger partial charge in [0.05, 0.1) is 0 Å². The van der Waals surface area contributed by atoms with Crippen molar-refractivity contribution in [1.82, 2.24) is 4.90 Å². The standard InChI is InChI=1S/C22H23NO4S/c1-23(20(21(24)25)14-10-11-28-13-14)22(26)27-12-19-17-8-4-2-6-15(17)16-7-3-5-9-18(16)19/h2-9,14,19-20H,10-13H2,1H3,(H,24,25). The molecule has 2 atom stereocenters. The van der Waals surface area contributed by atoms with Gasteiger partial charge in [-0.2, -0.15) is 11.8 Å². The van der Waals surface area contributed by atoms with Crippen molar-refractivity contribution in [2.75, 3.05) is 25.2 Å². The lowest BCUT2D eigenvalue weighted by molar-refractivity contribution is -0.144. The molecule has 0 saturated carbocycles. The van der Waals surface area contributed by atoms with Crippen LogP contribution in [0.15, 0.2) is 48.5 Å². The van der Waals surface area contributed by atoms with Gasteiger partial charge in [-0.15, -0.1) is 0 Å². The summed E-state index contributed by atoms with van der Waals surface area (Å²) in [4.78, 5) is 25.7. The van der Waals surface area contributed by atoms with Crippen LogP contribution in [0.2, 0.25) is 0 Å². The van der Waals surface area contributed by atoms with Gasteiger partial charge in [-0.3, -0.25) is 4.90 Å². The van der Waals surface area contributed by atoms with Crippen LogP contribution in [0.3, 0.4) is 0 Å². The normalized spacial score (nSPS) is 19.0. The summed E-state index contributed by atoms with van der Waals surface area (Å²) in [5.74, 6) is 0.664. The summed E-state index contributed by atoms with van der Waals surface area (Å²) >= 11 is 1.73. The van der Waals surface area contributed by atoms with Crippen molar-refractivity contribution in [1.29, 1.82) is 0 Å². The molecule has 1 aliphatic heterocycles. The molecule has 1 aliphatic carbocycles. The number of thioether (sulfide) groups is 1. The molecule has 2 aromatic carbocycles. The fourth-order valence-electron chi connectivity index (χ4n) is 4.29. The Morgan fingerprint density at radius 1 is 1.14 bits per heavy atom. The number of ether oxygens (including phenoxy) is 1. The third-order valence-electron chi connectivity index (χ3n) is 5.71. The molecule has 2 aliphatic rings. The summed E-state index contributed by atoms with van der Waals surface area (Å²) in [6, 6.07) is 15.4. The van der Waals surface area contributed by atoms with E-state index in [1.54, 1.807) is 11.8 Å². The Hall–Kier alpha value is -2.47. The van der Waals surface area contributed by atoms with Crippen molar-refractivity contribution < 1.29 is 19.4 Å². The van der Waals surface area contributed by atoms with E-state index in [4.69, 9.17) is 4.74 Å². The molecule has 0 bridgehead atoms. The number of carboxylic acids is 1. The first kappa shape index (κ1) is 18.9. The van der Waals surface area contributed by atoms with Crippen LogP contribution in [0, 0.1) is 5.92 Å². The number of carbonyl (C=O) groups is 2. The predicted molar refractivity (Wildman–Crippen MR) is 110 cm³/mol. The summed E-state index contributed by atoms with van der Waals surface area (Å²) in [5.41, 5.74) is 4.61. The first-order valence-corrected chi connectivity index (χ1v) is 10.6. The zero-order valence-electron chi connectivity index (χ0n) is 15.7. The van der Waals surface area contributed by atoms with Crippen molar-refractivity contribution in [3.05, 3.63) is 59.7 Å². The fraction of sp³-hybridized carbons (Fsp3) is 0.364. The van der Waals surface area contributed by atoms with Crippen molar-refractivity contribution in [3.63, 3.8) is 0 Å².